The van der Waals surface area contributed by atoms with Gasteiger partial charge in [-0.25, -0.2) is 9.78 Å². The summed E-state index contributed by atoms with van der Waals surface area (Å²) < 4.78 is 4.89. The number of rotatable bonds is 5. The smallest absolute Gasteiger partial charge is 0.357 e. The first kappa shape index (κ1) is 14.6. The topological polar surface area (TPSA) is 59.5 Å². The first-order valence-corrected chi connectivity index (χ1v) is 6.57. The van der Waals surface area contributed by atoms with Gasteiger partial charge in [-0.15, -0.1) is 0 Å². The molecule has 0 aliphatic heterocycles. The van der Waals surface area contributed by atoms with E-state index < -0.39 is 5.97 Å². The van der Waals surface area contributed by atoms with Gasteiger partial charge in [0.1, 0.15) is 5.69 Å². The molecule has 0 amide bonds. The van der Waals surface area contributed by atoms with E-state index in [0.717, 1.165) is 5.69 Å². The molecule has 0 aliphatic rings. The van der Waals surface area contributed by atoms with Crippen molar-refractivity contribution in [1.29, 1.82) is 0 Å². The van der Waals surface area contributed by atoms with Crippen LogP contribution in [0.3, 0.4) is 0 Å². The Hall–Kier alpha value is -1.43. The van der Waals surface area contributed by atoms with Crippen LogP contribution >= 0.6 is 15.9 Å². The minimum Gasteiger partial charge on any atom is -0.461 e. The van der Waals surface area contributed by atoms with Gasteiger partial charge in [0.05, 0.1) is 11.9 Å². The lowest BCUT2D eigenvalue weighted by molar-refractivity contribution is 0.0519. The Morgan fingerprint density at radius 2 is 1.94 bits per heavy atom. The molecule has 5 nitrogen and oxygen atoms in total. The van der Waals surface area contributed by atoms with Gasteiger partial charge in [-0.1, -0.05) is 15.9 Å². The maximum atomic E-state index is 11.7. The minimum atomic E-state index is -0.523. The predicted molar refractivity (Wildman–Crippen MR) is 72.6 cm³/mol. The number of Topliss-reactive ketones (excluding diaryl/α,β-unsaturated/α-hetero) is 1. The van der Waals surface area contributed by atoms with Crippen LogP contribution in [0.15, 0.2) is 12.1 Å². The van der Waals surface area contributed by atoms with Crippen molar-refractivity contribution in [2.45, 2.75) is 6.92 Å². The maximum absolute atomic E-state index is 11.7. The number of esters is 1. The van der Waals surface area contributed by atoms with Crippen molar-refractivity contribution in [3.63, 3.8) is 0 Å². The highest BCUT2D eigenvalue weighted by atomic mass is 79.9. The number of nitrogens with zero attached hydrogens (tertiary/aromatic N) is 2. The van der Waals surface area contributed by atoms with Gasteiger partial charge in [0.25, 0.3) is 0 Å². The van der Waals surface area contributed by atoms with Crippen molar-refractivity contribution in [2.75, 3.05) is 30.9 Å². The van der Waals surface area contributed by atoms with Crippen LogP contribution in [0.4, 0.5) is 5.69 Å². The van der Waals surface area contributed by atoms with Gasteiger partial charge in [-0.05, 0) is 19.1 Å². The number of carbonyl (C=O) groups is 2. The van der Waals surface area contributed by atoms with Gasteiger partial charge in [-0.3, -0.25) is 4.79 Å². The number of aromatic nitrogens is 1. The molecule has 1 rings (SSSR count). The zero-order valence-corrected chi connectivity index (χ0v) is 12.2. The highest BCUT2D eigenvalue weighted by Gasteiger charge is 2.15. The third kappa shape index (κ3) is 3.53. The molecule has 0 N–H and O–H groups in total. The third-order valence-electron chi connectivity index (χ3n) is 2.22. The standard InChI is InChI=1S/C12H15BrN2O3/c1-4-18-12(17)10-6-8(15(2)3)5-9(14-10)11(16)7-13/h5-6H,4,7H2,1-3H3. The molecule has 0 radical (unpaired) electrons. The van der Waals surface area contributed by atoms with E-state index >= 15 is 0 Å². The SMILES string of the molecule is CCOC(=O)c1cc(N(C)C)cc(C(=O)CBr)n1. The number of anilines is 1. The number of hydrogen-bond acceptors (Lipinski definition) is 5. The molecule has 0 unspecified atom stereocenters. The fraction of sp³-hybridized carbons (Fsp3) is 0.417. The van der Waals surface area contributed by atoms with Crippen LogP contribution in [0.1, 0.15) is 27.9 Å². The summed E-state index contributed by atoms with van der Waals surface area (Å²) in [5.41, 5.74) is 1.13. The molecule has 1 aromatic rings. The zero-order valence-electron chi connectivity index (χ0n) is 10.6. The van der Waals surface area contributed by atoms with E-state index in [9.17, 15) is 9.59 Å². The molecule has 0 bridgehead atoms. The predicted octanol–water partition coefficient (Wildman–Crippen LogP) is 1.90. The summed E-state index contributed by atoms with van der Waals surface area (Å²) in [7, 11) is 3.65. The van der Waals surface area contributed by atoms with E-state index in [1.165, 1.54) is 0 Å². The fourth-order valence-electron chi connectivity index (χ4n) is 1.30. The second-order valence-corrected chi connectivity index (χ2v) is 4.33. The molecule has 0 saturated carbocycles. The van der Waals surface area contributed by atoms with E-state index in [4.69, 9.17) is 4.74 Å². The van der Waals surface area contributed by atoms with Crippen LogP contribution in [-0.4, -0.2) is 42.8 Å². The molecule has 6 heteroatoms. The van der Waals surface area contributed by atoms with Crippen LogP contribution in [0.5, 0.6) is 0 Å². The van der Waals surface area contributed by atoms with Crippen molar-refractivity contribution >= 4 is 33.4 Å². The summed E-state index contributed by atoms with van der Waals surface area (Å²) in [5, 5.41) is 0.166. The molecule has 0 spiro atoms. The van der Waals surface area contributed by atoms with E-state index in [1.54, 1.807) is 24.0 Å². The van der Waals surface area contributed by atoms with Crippen molar-refractivity contribution in [2.24, 2.45) is 0 Å². The fourth-order valence-corrected chi connectivity index (χ4v) is 1.58. The van der Waals surface area contributed by atoms with Crippen LogP contribution in [-0.2, 0) is 4.74 Å². The van der Waals surface area contributed by atoms with Gasteiger partial charge in [0, 0.05) is 19.8 Å². The number of ether oxygens (including phenoxy) is 1. The minimum absolute atomic E-state index is 0.146. The Morgan fingerprint density at radius 1 is 1.33 bits per heavy atom. The van der Waals surface area contributed by atoms with Gasteiger partial charge in [-0.2, -0.15) is 0 Å². The normalized spacial score (nSPS) is 10.0. The summed E-state index contributed by atoms with van der Waals surface area (Å²) in [6.45, 7) is 1.99. The second kappa shape index (κ2) is 6.49. The Kier molecular flexibility index (Phi) is 5.27. The van der Waals surface area contributed by atoms with Gasteiger partial charge in [0.2, 0.25) is 0 Å². The molecule has 98 valence electrons. The molecule has 18 heavy (non-hydrogen) atoms. The number of pyridine rings is 1. The quantitative estimate of drug-likeness (QED) is 0.472. The third-order valence-corrected chi connectivity index (χ3v) is 2.73. The Morgan fingerprint density at radius 3 is 2.44 bits per heavy atom. The largest absolute Gasteiger partial charge is 0.461 e. The molecule has 0 aliphatic carbocycles. The van der Waals surface area contributed by atoms with Crippen LogP contribution in [0.2, 0.25) is 0 Å². The maximum Gasteiger partial charge on any atom is 0.357 e. The lowest BCUT2D eigenvalue weighted by atomic mass is 10.2. The molecule has 1 heterocycles. The molecular weight excluding hydrogens is 300 g/mol. The molecular formula is C12H15BrN2O3. The first-order chi connectivity index (χ1) is 8.49. The van der Waals surface area contributed by atoms with Crippen molar-refractivity contribution in [3.8, 4) is 0 Å². The van der Waals surface area contributed by atoms with Crippen molar-refractivity contribution < 1.29 is 14.3 Å². The molecule has 0 fully saturated rings. The van der Waals surface area contributed by atoms with E-state index in [2.05, 4.69) is 20.9 Å². The van der Waals surface area contributed by atoms with E-state index in [1.807, 2.05) is 14.1 Å². The number of carbonyl (C=O) groups excluding carboxylic acids is 2. The van der Waals surface area contributed by atoms with Gasteiger partial charge >= 0.3 is 5.97 Å². The molecule has 1 aromatic heterocycles. The highest BCUT2D eigenvalue weighted by molar-refractivity contribution is 9.09. The number of hydrogen-bond donors (Lipinski definition) is 0. The first-order valence-electron chi connectivity index (χ1n) is 5.45. The van der Waals surface area contributed by atoms with Crippen LogP contribution in [0, 0.1) is 0 Å². The number of alkyl halides is 1. The monoisotopic (exact) mass is 314 g/mol. The Balaban J connectivity index is 3.22. The summed E-state index contributed by atoms with van der Waals surface area (Å²) in [6, 6.07) is 3.25. The van der Waals surface area contributed by atoms with Crippen molar-refractivity contribution in [1.82, 2.24) is 4.98 Å². The summed E-state index contributed by atoms with van der Waals surface area (Å²) in [5.74, 6) is -0.700. The van der Waals surface area contributed by atoms with E-state index in [-0.39, 0.29) is 29.1 Å². The second-order valence-electron chi connectivity index (χ2n) is 3.77. The molecule has 0 atom stereocenters. The molecule has 0 saturated heterocycles. The average molecular weight is 315 g/mol. The number of halogens is 1. The lowest BCUT2D eigenvalue weighted by Gasteiger charge is -2.14. The Labute approximate surface area is 114 Å². The Bertz CT molecular complexity index is 461. The van der Waals surface area contributed by atoms with Gasteiger partial charge in [0.15, 0.2) is 11.5 Å². The highest BCUT2D eigenvalue weighted by Crippen LogP contribution is 2.16. The zero-order chi connectivity index (χ0) is 13.7. The number of ketones is 1. The van der Waals surface area contributed by atoms with Gasteiger partial charge < -0.3 is 9.64 Å². The summed E-state index contributed by atoms with van der Waals surface area (Å²) in [6.07, 6.45) is 0. The van der Waals surface area contributed by atoms with Crippen LogP contribution < -0.4 is 4.90 Å². The summed E-state index contributed by atoms with van der Waals surface area (Å²) in [4.78, 5) is 29.1. The summed E-state index contributed by atoms with van der Waals surface area (Å²) >= 11 is 3.09. The van der Waals surface area contributed by atoms with Crippen LogP contribution in [0.25, 0.3) is 0 Å². The lowest BCUT2D eigenvalue weighted by Crippen LogP contribution is -2.16. The van der Waals surface area contributed by atoms with Crippen molar-refractivity contribution in [3.05, 3.63) is 23.5 Å². The average Bonchev–Trinajstić information content (AvgIpc) is 2.37. The molecule has 0 aromatic carbocycles. The van der Waals surface area contributed by atoms with E-state index in [0.29, 0.717) is 0 Å².